The van der Waals surface area contributed by atoms with Gasteiger partial charge >= 0.3 is 0 Å². The highest BCUT2D eigenvalue weighted by molar-refractivity contribution is 5.78. The number of morpholine rings is 2. The van der Waals surface area contributed by atoms with Crippen LogP contribution in [0.25, 0.3) is 17.0 Å². The summed E-state index contributed by atoms with van der Waals surface area (Å²) in [6.45, 7) is 7.89. The van der Waals surface area contributed by atoms with Gasteiger partial charge in [0.15, 0.2) is 5.82 Å². The van der Waals surface area contributed by atoms with Crippen LogP contribution in [0.5, 0.6) is 0 Å². The standard InChI is InChI=1S/C22H26F2N6O2/c1-14-15(2)32-12-9-29(14)19-13-18(28-7-10-31-11-8-28)26-22(27-19)30-17-6-4-3-5-16(17)25-21(30)20(23)24/h3-6,13-15,20H,7-12H2,1-2H3/t14-,15+/m1/s1. The lowest BCUT2D eigenvalue weighted by atomic mass is 10.1. The molecule has 3 aromatic rings. The first-order valence-corrected chi connectivity index (χ1v) is 10.9. The number of imidazole rings is 1. The highest BCUT2D eigenvalue weighted by atomic mass is 19.3. The van der Waals surface area contributed by atoms with Gasteiger partial charge in [-0.15, -0.1) is 0 Å². The van der Waals surface area contributed by atoms with Gasteiger partial charge in [-0.3, -0.25) is 4.57 Å². The third-order valence-corrected chi connectivity index (χ3v) is 6.18. The Hall–Kier alpha value is -2.85. The van der Waals surface area contributed by atoms with Gasteiger partial charge < -0.3 is 19.3 Å². The molecule has 0 bridgehead atoms. The highest BCUT2D eigenvalue weighted by Crippen LogP contribution is 2.30. The monoisotopic (exact) mass is 444 g/mol. The first-order valence-electron chi connectivity index (χ1n) is 10.9. The van der Waals surface area contributed by atoms with Crippen molar-refractivity contribution in [1.82, 2.24) is 19.5 Å². The van der Waals surface area contributed by atoms with Crippen LogP contribution in [0.4, 0.5) is 20.4 Å². The van der Waals surface area contributed by atoms with E-state index >= 15 is 0 Å². The van der Waals surface area contributed by atoms with E-state index in [1.165, 1.54) is 4.57 Å². The number of benzene rings is 1. The number of para-hydroxylation sites is 2. The second-order valence-corrected chi connectivity index (χ2v) is 8.09. The molecule has 2 fully saturated rings. The lowest BCUT2D eigenvalue weighted by molar-refractivity contribution is 0.0281. The minimum Gasteiger partial charge on any atom is -0.378 e. The quantitative estimate of drug-likeness (QED) is 0.612. The third-order valence-electron chi connectivity index (χ3n) is 6.18. The number of halogens is 2. The molecule has 0 amide bonds. The largest absolute Gasteiger partial charge is 0.378 e. The van der Waals surface area contributed by atoms with Crippen LogP contribution < -0.4 is 9.80 Å². The number of fused-ring (bicyclic) bond motifs is 1. The third kappa shape index (κ3) is 3.77. The van der Waals surface area contributed by atoms with Crippen LogP contribution in [0.1, 0.15) is 26.1 Å². The van der Waals surface area contributed by atoms with Crippen LogP contribution in [-0.2, 0) is 9.47 Å². The van der Waals surface area contributed by atoms with Crippen molar-refractivity contribution in [2.24, 2.45) is 0 Å². The molecule has 2 saturated heterocycles. The summed E-state index contributed by atoms with van der Waals surface area (Å²) < 4.78 is 40.6. The van der Waals surface area contributed by atoms with Gasteiger partial charge in [0.1, 0.15) is 11.6 Å². The Morgan fingerprint density at radius 1 is 0.969 bits per heavy atom. The predicted molar refractivity (Wildman–Crippen MR) is 117 cm³/mol. The van der Waals surface area contributed by atoms with Crippen molar-refractivity contribution in [1.29, 1.82) is 0 Å². The highest BCUT2D eigenvalue weighted by Gasteiger charge is 2.29. The molecule has 8 nitrogen and oxygen atoms in total. The SMILES string of the molecule is C[C@@H]1OCCN(c2cc(N3CCOCC3)nc(-n3c(C(F)F)nc4ccccc43)n2)[C@@H]1C. The van der Waals surface area contributed by atoms with E-state index in [4.69, 9.17) is 19.4 Å². The van der Waals surface area contributed by atoms with Crippen LogP contribution in [0.2, 0.25) is 0 Å². The van der Waals surface area contributed by atoms with E-state index in [1.807, 2.05) is 13.0 Å². The topological polar surface area (TPSA) is 68.5 Å². The fourth-order valence-electron chi connectivity index (χ4n) is 4.27. The van der Waals surface area contributed by atoms with Gasteiger partial charge in [-0.25, -0.2) is 13.8 Å². The van der Waals surface area contributed by atoms with Crippen molar-refractivity contribution in [2.45, 2.75) is 32.4 Å². The summed E-state index contributed by atoms with van der Waals surface area (Å²) in [4.78, 5) is 17.9. The second kappa shape index (κ2) is 8.59. The zero-order valence-electron chi connectivity index (χ0n) is 18.1. The van der Waals surface area contributed by atoms with Crippen molar-refractivity contribution in [3.8, 4) is 5.95 Å². The molecule has 1 aromatic carbocycles. The number of hydrogen-bond acceptors (Lipinski definition) is 7. The Morgan fingerprint density at radius 2 is 1.72 bits per heavy atom. The van der Waals surface area contributed by atoms with Gasteiger partial charge in [0.05, 0.1) is 43.0 Å². The van der Waals surface area contributed by atoms with Gasteiger partial charge in [-0.05, 0) is 26.0 Å². The van der Waals surface area contributed by atoms with Gasteiger partial charge in [-0.1, -0.05) is 12.1 Å². The minimum absolute atomic E-state index is 0.0275. The lowest BCUT2D eigenvalue weighted by Gasteiger charge is -2.39. The Kier molecular flexibility index (Phi) is 5.64. The van der Waals surface area contributed by atoms with Crippen LogP contribution in [0, 0.1) is 0 Å². The molecule has 2 aromatic heterocycles. The Balaban J connectivity index is 1.68. The molecule has 2 aliphatic heterocycles. The number of anilines is 2. The Morgan fingerprint density at radius 3 is 2.50 bits per heavy atom. The molecule has 10 heteroatoms. The predicted octanol–water partition coefficient (Wildman–Crippen LogP) is 3.20. The van der Waals surface area contributed by atoms with Crippen molar-refractivity contribution in [3.63, 3.8) is 0 Å². The minimum atomic E-state index is -2.76. The molecule has 0 unspecified atom stereocenters. The zero-order valence-corrected chi connectivity index (χ0v) is 18.1. The average molecular weight is 444 g/mol. The van der Waals surface area contributed by atoms with Gasteiger partial charge in [0.25, 0.3) is 6.43 Å². The first kappa shape index (κ1) is 21.0. The molecule has 4 heterocycles. The zero-order chi connectivity index (χ0) is 22.2. The fourth-order valence-corrected chi connectivity index (χ4v) is 4.27. The van der Waals surface area contributed by atoms with Crippen molar-refractivity contribution in [2.75, 3.05) is 49.3 Å². The number of ether oxygens (including phenoxy) is 2. The van der Waals surface area contributed by atoms with E-state index < -0.39 is 6.43 Å². The lowest BCUT2D eigenvalue weighted by Crippen LogP contribution is -2.49. The Bertz CT molecular complexity index is 1100. The maximum Gasteiger partial charge on any atom is 0.296 e. The number of nitrogens with zero attached hydrogens (tertiary/aromatic N) is 6. The summed E-state index contributed by atoms with van der Waals surface area (Å²) in [5.74, 6) is 1.22. The molecular formula is C22H26F2N6O2. The molecule has 5 rings (SSSR count). The summed E-state index contributed by atoms with van der Waals surface area (Å²) in [6.07, 6.45) is -2.73. The van der Waals surface area contributed by atoms with Crippen LogP contribution in [-0.4, -0.2) is 71.1 Å². The molecule has 0 aliphatic carbocycles. The molecule has 0 saturated carbocycles. The van der Waals surface area contributed by atoms with Crippen molar-refractivity contribution >= 4 is 22.7 Å². The maximum absolute atomic E-state index is 14.0. The summed E-state index contributed by atoms with van der Waals surface area (Å²) >= 11 is 0. The summed E-state index contributed by atoms with van der Waals surface area (Å²) in [5, 5.41) is 0. The second-order valence-electron chi connectivity index (χ2n) is 8.09. The van der Waals surface area contributed by atoms with Crippen molar-refractivity contribution < 1.29 is 18.3 Å². The van der Waals surface area contributed by atoms with Crippen LogP contribution in [0.3, 0.4) is 0 Å². The summed E-state index contributed by atoms with van der Waals surface area (Å²) in [7, 11) is 0. The normalized spacial score (nSPS) is 22.2. The van der Waals surface area contributed by atoms with Crippen LogP contribution >= 0.6 is 0 Å². The van der Waals surface area contributed by atoms with Gasteiger partial charge in [0, 0.05) is 25.7 Å². The van der Waals surface area contributed by atoms with E-state index in [2.05, 4.69) is 21.7 Å². The number of alkyl halides is 2. The number of aromatic nitrogens is 4. The maximum atomic E-state index is 14.0. The average Bonchev–Trinajstić information content (AvgIpc) is 3.21. The number of rotatable bonds is 4. The molecule has 0 radical (unpaired) electrons. The first-order chi connectivity index (χ1) is 15.5. The van der Waals surface area contributed by atoms with Gasteiger partial charge in [-0.2, -0.15) is 9.97 Å². The van der Waals surface area contributed by atoms with E-state index in [-0.39, 0.29) is 23.9 Å². The van der Waals surface area contributed by atoms with Crippen molar-refractivity contribution in [3.05, 3.63) is 36.2 Å². The molecule has 2 aliphatic rings. The summed E-state index contributed by atoms with van der Waals surface area (Å²) in [5.41, 5.74) is 1.04. The van der Waals surface area contributed by atoms with E-state index in [0.29, 0.717) is 62.1 Å². The van der Waals surface area contributed by atoms with Crippen LogP contribution in [0.15, 0.2) is 30.3 Å². The molecular weight excluding hydrogens is 418 g/mol. The van der Waals surface area contributed by atoms with E-state index in [1.54, 1.807) is 24.3 Å². The molecule has 0 spiro atoms. The fraction of sp³-hybridized carbons (Fsp3) is 0.500. The van der Waals surface area contributed by atoms with Gasteiger partial charge in [0.2, 0.25) is 5.95 Å². The smallest absolute Gasteiger partial charge is 0.296 e. The summed E-state index contributed by atoms with van der Waals surface area (Å²) in [6, 6.07) is 9.08. The molecule has 0 N–H and O–H groups in total. The van der Waals surface area contributed by atoms with E-state index in [9.17, 15) is 8.78 Å². The van der Waals surface area contributed by atoms with E-state index in [0.717, 1.165) is 0 Å². The molecule has 32 heavy (non-hydrogen) atoms. The Labute approximate surface area is 184 Å². The number of hydrogen-bond donors (Lipinski definition) is 0. The molecule has 2 atom stereocenters. The molecule has 170 valence electrons.